The van der Waals surface area contributed by atoms with Gasteiger partial charge in [-0.25, -0.2) is 0 Å². The van der Waals surface area contributed by atoms with Crippen LogP contribution in [0.3, 0.4) is 0 Å². The number of hydrogen-bond acceptors (Lipinski definition) is 2. The van der Waals surface area contributed by atoms with Crippen molar-refractivity contribution < 1.29 is 4.79 Å². The zero-order valence-corrected chi connectivity index (χ0v) is 9.53. The Morgan fingerprint density at radius 2 is 2.47 bits per heavy atom. The topological polar surface area (TPSA) is 57.8 Å². The molecule has 0 fully saturated rings. The summed E-state index contributed by atoms with van der Waals surface area (Å²) in [5, 5.41) is 10.5. The van der Waals surface area contributed by atoms with Gasteiger partial charge in [-0.1, -0.05) is 18.9 Å². The van der Waals surface area contributed by atoms with Crippen LogP contribution in [-0.2, 0) is 0 Å². The molecule has 1 aromatic carbocycles. The lowest BCUT2D eigenvalue weighted by Crippen LogP contribution is -2.33. The highest BCUT2D eigenvalue weighted by molar-refractivity contribution is 5.98. The van der Waals surface area contributed by atoms with Gasteiger partial charge in [-0.15, -0.1) is 6.42 Å². The monoisotopic (exact) mass is 227 g/mol. The number of aromatic nitrogens is 2. The molecular formula is C13H13N3O. The van der Waals surface area contributed by atoms with Gasteiger partial charge in [0, 0.05) is 10.9 Å². The van der Waals surface area contributed by atoms with Gasteiger partial charge in [0.2, 0.25) is 0 Å². The number of fused-ring (bicyclic) bond motifs is 1. The van der Waals surface area contributed by atoms with Crippen molar-refractivity contribution in [1.29, 1.82) is 0 Å². The molecule has 17 heavy (non-hydrogen) atoms. The van der Waals surface area contributed by atoms with E-state index in [0.29, 0.717) is 12.0 Å². The van der Waals surface area contributed by atoms with Crippen LogP contribution >= 0.6 is 0 Å². The van der Waals surface area contributed by atoms with Crippen molar-refractivity contribution in [1.82, 2.24) is 15.5 Å². The molecule has 1 amide bonds. The molecule has 0 aliphatic rings. The third-order valence-corrected chi connectivity index (χ3v) is 2.62. The maximum Gasteiger partial charge on any atom is 0.252 e. The van der Waals surface area contributed by atoms with E-state index in [-0.39, 0.29) is 11.9 Å². The SMILES string of the molecule is C#CC(CC)NC(=O)c1ccc2cn[nH]c2c1. The molecule has 2 aromatic rings. The molecule has 1 atom stereocenters. The minimum Gasteiger partial charge on any atom is -0.338 e. The molecule has 0 saturated heterocycles. The summed E-state index contributed by atoms with van der Waals surface area (Å²) in [5.41, 5.74) is 1.42. The maximum absolute atomic E-state index is 11.9. The van der Waals surface area contributed by atoms with Crippen LogP contribution in [0.4, 0.5) is 0 Å². The predicted octanol–water partition coefficient (Wildman–Crippen LogP) is 1.70. The van der Waals surface area contributed by atoms with Crippen molar-refractivity contribution >= 4 is 16.8 Å². The number of carbonyl (C=O) groups is 1. The second-order valence-corrected chi connectivity index (χ2v) is 3.77. The van der Waals surface area contributed by atoms with Crippen LogP contribution < -0.4 is 5.32 Å². The van der Waals surface area contributed by atoms with Crippen LogP contribution in [-0.4, -0.2) is 22.1 Å². The van der Waals surface area contributed by atoms with Gasteiger partial charge in [-0.05, 0) is 18.6 Å². The van der Waals surface area contributed by atoms with Crippen LogP contribution in [0.1, 0.15) is 23.7 Å². The zero-order valence-electron chi connectivity index (χ0n) is 9.53. The van der Waals surface area contributed by atoms with Gasteiger partial charge < -0.3 is 5.32 Å². The van der Waals surface area contributed by atoms with E-state index in [1.54, 1.807) is 18.3 Å². The molecule has 1 heterocycles. The lowest BCUT2D eigenvalue weighted by Gasteiger charge is -2.10. The van der Waals surface area contributed by atoms with E-state index in [1.165, 1.54) is 0 Å². The van der Waals surface area contributed by atoms with Gasteiger partial charge >= 0.3 is 0 Å². The van der Waals surface area contributed by atoms with Crippen LogP contribution in [0.5, 0.6) is 0 Å². The van der Waals surface area contributed by atoms with E-state index in [2.05, 4.69) is 21.4 Å². The zero-order chi connectivity index (χ0) is 12.3. The van der Waals surface area contributed by atoms with Gasteiger partial charge in [0.05, 0.1) is 17.8 Å². The second-order valence-electron chi connectivity index (χ2n) is 3.77. The fourth-order valence-corrected chi connectivity index (χ4v) is 1.58. The lowest BCUT2D eigenvalue weighted by molar-refractivity contribution is 0.0945. The van der Waals surface area contributed by atoms with Crippen LogP contribution in [0.2, 0.25) is 0 Å². The molecule has 0 radical (unpaired) electrons. The van der Waals surface area contributed by atoms with Crippen molar-refractivity contribution in [3.63, 3.8) is 0 Å². The van der Waals surface area contributed by atoms with Crippen molar-refractivity contribution in [2.24, 2.45) is 0 Å². The number of hydrogen-bond donors (Lipinski definition) is 2. The molecule has 0 aliphatic carbocycles. The molecule has 4 heteroatoms. The van der Waals surface area contributed by atoms with E-state index in [4.69, 9.17) is 6.42 Å². The summed E-state index contributed by atoms with van der Waals surface area (Å²) >= 11 is 0. The van der Waals surface area contributed by atoms with Crippen molar-refractivity contribution in [3.8, 4) is 12.3 Å². The number of rotatable bonds is 3. The van der Waals surface area contributed by atoms with Gasteiger partial charge in [-0.2, -0.15) is 5.10 Å². The number of carbonyl (C=O) groups excluding carboxylic acids is 1. The largest absolute Gasteiger partial charge is 0.338 e. The Labute approximate surface area is 99.4 Å². The summed E-state index contributed by atoms with van der Waals surface area (Å²) in [7, 11) is 0. The molecule has 2 rings (SSSR count). The van der Waals surface area contributed by atoms with Crippen molar-refractivity contribution in [2.75, 3.05) is 0 Å². The summed E-state index contributed by atoms with van der Waals surface area (Å²) in [6, 6.07) is 5.15. The first-order valence-corrected chi connectivity index (χ1v) is 5.44. The average molecular weight is 227 g/mol. The van der Waals surface area contributed by atoms with Gasteiger partial charge in [0.15, 0.2) is 0 Å². The highest BCUT2D eigenvalue weighted by atomic mass is 16.1. The summed E-state index contributed by atoms with van der Waals surface area (Å²) in [4.78, 5) is 11.9. The minimum absolute atomic E-state index is 0.161. The van der Waals surface area contributed by atoms with Crippen molar-refractivity contribution in [3.05, 3.63) is 30.0 Å². The number of benzene rings is 1. The molecule has 4 nitrogen and oxygen atoms in total. The van der Waals surface area contributed by atoms with Gasteiger partial charge in [0.1, 0.15) is 0 Å². The highest BCUT2D eigenvalue weighted by Gasteiger charge is 2.10. The van der Waals surface area contributed by atoms with E-state index in [1.807, 2.05) is 13.0 Å². The number of nitrogens with one attached hydrogen (secondary N) is 2. The molecule has 1 aromatic heterocycles. The first-order valence-electron chi connectivity index (χ1n) is 5.44. The average Bonchev–Trinajstić information content (AvgIpc) is 2.82. The summed E-state index contributed by atoms with van der Waals surface area (Å²) in [6.45, 7) is 1.93. The molecule has 86 valence electrons. The van der Waals surface area contributed by atoms with Gasteiger partial charge in [-0.3, -0.25) is 9.89 Å². The smallest absolute Gasteiger partial charge is 0.252 e. The quantitative estimate of drug-likeness (QED) is 0.784. The third-order valence-electron chi connectivity index (χ3n) is 2.62. The highest BCUT2D eigenvalue weighted by Crippen LogP contribution is 2.12. The Kier molecular flexibility index (Phi) is 3.10. The predicted molar refractivity (Wildman–Crippen MR) is 66.5 cm³/mol. The molecule has 0 bridgehead atoms. The van der Waals surface area contributed by atoms with E-state index in [0.717, 1.165) is 10.9 Å². The number of amides is 1. The first kappa shape index (κ1) is 11.2. The molecule has 2 N–H and O–H groups in total. The third kappa shape index (κ3) is 2.28. The maximum atomic E-state index is 11.9. The molecule has 1 unspecified atom stereocenters. The fourth-order valence-electron chi connectivity index (χ4n) is 1.58. The van der Waals surface area contributed by atoms with Crippen LogP contribution in [0.25, 0.3) is 10.9 Å². The van der Waals surface area contributed by atoms with E-state index < -0.39 is 0 Å². The molecule has 0 aliphatic heterocycles. The summed E-state index contributed by atoms with van der Waals surface area (Å²) < 4.78 is 0. The Hall–Kier alpha value is -2.28. The van der Waals surface area contributed by atoms with Gasteiger partial charge in [0.25, 0.3) is 5.91 Å². The Bertz CT molecular complexity index is 580. The lowest BCUT2D eigenvalue weighted by atomic mass is 10.1. The van der Waals surface area contributed by atoms with Crippen LogP contribution in [0.15, 0.2) is 24.4 Å². The Balaban J connectivity index is 2.21. The molecule has 0 spiro atoms. The summed E-state index contributed by atoms with van der Waals surface area (Å²) in [5.74, 6) is 2.37. The molecule has 0 saturated carbocycles. The van der Waals surface area contributed by atoms with E-state index in [9.17, 15) is 4.79 Å². The standard InChI is InChI=1S/C13H13N3O/c1-3-11(4-2)15-13(17)9-5-6-10-8-14-16-12(10)7-9/h1,5-8,11H,4H2,2H3,(H,14,16)(H,15,17). The number of aromatic amines is 1. The minimum atomic E-state index is -0.222. The number of H-pyrrole nitrogens is 1. The van der Waals surface area contributed by atoms with Crippen molar-refractivity contribution in [2.45, 2.75) is 19.4 Å². The summed E-state index contributed by atoms with van der Waals surface area (Å²) in [6.07, 6.45) is 7.74. The number of nitrogens with zero attached hydrogens (tertiary/aromatic N) is 1. The fraction of sp³-hybridized carbons (Fsp3) is 0.231. The molecular weight excluding hydrogens is 214 g/mol. The van der Waals surface area contributed by atoms with Crippen LogP contribution in [0, 0.1) is 12.3 Å². The first-order chi connectivity index (χ1) is 8.24. The number of terminal acetylenes is 1. The Morgan fingerprint density at radius 1 is 1.65 bits per heavy atom. The normalized spacial score (nSPS) is 12.0. The Morgan fingerprint density at radius 3 is 3.18 bits per heavy atom. The van der Waals surface area contributed by atoms with E-state index >= 15 is 0 Å². The second kappa shape index (κ2) is 4.71.